The van der Waals surface area contributed by atoms with Crippen molar-refractivity contribution in [3.8, 4) is 0 Å². The molecular formula is C20H25N5. The lowest BCUT2D eigenvalue weighted by Gasteiger charge is -2.32. The van der Waals surface area contributed by atoms with Crippen LogP contribution in [0.3, 0.4) is 0 Å². The first-order valence-electron chi connectivity index (χ1n) is 9.58. The minimum absolute atomic E-state index is 0.609. The van der Waals surface area contributed by atoms with Gasteiger partial charge in [-0.1, -0.05) is 18.2 Å². The van der Waals surface area contributed by atoms with Crippen LogP contribution in [0, 0.1) is 0 Å². The Morgan fingerprint density at radius 2 is 1.72 bits per heavy atom. The van der Waals surface area contributed by atoms with Crippen molar-refractivity contribution in [1.82, 2.24) is 9.97 Å². The minimum Gasteiger partial charge on any atom is -0.367 e. The molecule has 3 aliphatic rings. The van der Waals surface area contributed by atoms with Crippen LogP contribution in [0.15, 0.2) is 30.3 Å². The molecule has 3 heterocycles. The number of nitrogens with one attached hydrogen (secondary N) is 1. The molecular weight excluding hydrogens is 310 g/mol. The lowest BCUT2D eigenvalue weighted by atomic mass is 10.1. The normalized spacial score (nSPS) is 19.8. The van der Waals surface area contributed by atoms with Crippen LogP contribution in [0.1, 0.15) is 36.9 Å². The van der Waals surface area contributed by atoms with Gasteiger partial charge in [0, 0.05) is 49.9 Å². The molecule has 1 saturated carbocycles. The average molecular weight is 335 g/mol. The quantitative estimate of drug-likeness (QED) is 0.929. The van der Waals surface area contributed by atoms with Gasteiger partial charge < -0.3 is 15.1 Å². The molecule has 0 spiro atoms. The Labute approximate surface area is 149 Å². The van der Waals surface area contributed by atoms with E-state index in [1.807, 2.05) is 0 Å². The molecule has 1 saturated heterocycles. The fourth-order valence-electron chi connectivity index (χ4n) is 3.86. The molecule has 0 atom stereocenters. The summed E-state index contributed by atoms with van der Waals surface area (Å²) in [5.41, 5.74) is 3.83. The second-order valence-corrected chi connectivity index (χ2v) is 7.42. The van der Waals surface area contributed by atoms with Gasteiger partial charge in [0.15, 0.2) is 0 Å². The third kappa shape index (κ3) is 3.03. The predicted molar refractivity (Wildman–Crippen MR) is 101 cm³/mol. The highest BCUT2D eigenvalue weighted by molar-refractivity contribution is 5.57. The Balaban J connectivity index is 1.48. The predicted octanol–water partition coefficient (Wildman–Crippen LogP) is 3.21. The van der Waals surface area contributed by atoms with Gasteiger partial charge in [0.25, 0.3) is 0 Å². The van der Waals surface area contributed by atoms with Crippen LogP contribution in [-0.2, 0) is 13.0 Å². The van der Waals surface area contributed by atoms with Crippen LogP contribution in [0.5, 0.6) is 0 Å². The summed E-state index contributed by atoms with van der Waals surface area (Å²) in [6.07, 6.45) is 6.04. The highest BCUT2D eigenvalue weighted by atomic mass is 15.3. The van der Waals surface area contributed by atoms with Crippen LogP contribution in [0.4, 0.5) is 17.5 Å². The molecule has 0 radical (unpaired) electrons. The lowest BCUT2D eigenvalue weighted by Crippen LogP contribution is -2.33. The Morgan fingerprint density at radius 1 is 0.920 bits per heavy atom. The van der Waals surface area contributed by atoms with E-state index >= 15 is 0 Å². The van der Waals surface area contributed by atoms with Crippen LogP contribution < -0.4 is 15.1 Å². The number of rotatable bonds is 4. The van der Waals surface area contributed by atoms with E-state index in [-0.39, 0.29) is 0 Å². The van der Waals surface area contributed by atoms with Crippen LogP contribution >= 0.6 is 0 Å². The van der Waals surface area contributed by atoms with Gasteiger partial charge in [-0.25, -0.2) is 4.98 Å². The van der Waals surface area contributed by atoms with Crippen LogP contribution in [-0.4, -0.2) is 35.6 Å². The second-order valence-electron chi connectivity index (χ2n) is 7.42. The molecule has 130 valence electrons. The Morgan fingerprint density at radius 3 is 2.48 bits per heavy atom. The standard InChI is InChI=1S/C20H25N5/c1-2-6-16(7-3-1)25-13-10-18-17(14-25)19(21-15-8-9-15)23-20(22-18)24-11-4-5-12-24/h1-3,6-7,15H,4-5,8-14H2,(H,21,22,23). The van der Waals surface area contributed by atoms with Crippen molar-refractivity contribution in [3.05, 3.63) is 41.6 Å². The van der Waals surface area contributed by atoms with E-state index in [1.165, 1.54) is 42.6 Å². The maximum Gasteiger partial charge on any atom is 0.227 e. The third-order valence-electron chi connectivity index (χ3n) is 5.48. The average Bonchev–Trinajstić information content (AvgIpc) is 3.31. The molecule has 2 aromatic rings. The van der Waals surface area contributed by atoms with Crippen molar-refractivity contribution >= 4 is 17.5 Å². The molecule has 2 fully saturated rings. The van der Waals surface area contributed by atoms with E-state index in [2.05, 4.69) is 45.4 Å². The van der Waals surface area contributed by atoms with Crippen molar-refractivity contribution in [1.29, 1.82) is 0 Å². The number of hydrogen-bond acceptors (Lipinski definition) is 5. The molecule has 1 N–H and O–H groups in total. The van der Waals surface area contributed by atoms with Crippen molar-refractivity contribution in [2.24, 2.45) is 0 Å². The largest absolute Gasteiger partial charge is 0.367 e. The van der Waals surface area contributed by atoms with Crippen molar-refractivity contribution in [2.75, 3.05) is 34.8 Å². The summed E-state index contributed by atoms with van der Waals surface area (Å²) in [7, 11) is 0. The van der Waals surface area contributed by atoms with Crippen molar-refractivity contribution < 1.29 is 0 Å². The maximum absolute atomic E-state index is 4.96. The first kappa shape index (κ1) is 15.0. The van der Waals surface area contributed by atoms with Gasteiger partial charge in [-0.2, -0.15) is 4.98 Å². The number of para-hydroxylation sites is 1. The van der Waals surface area contributed by atoms with Gasteiger partial charge >= 0.3 is 0 Å². The zero-order valence-electron chi connectivity index (χ0n) is 14.6. The van der Waals surface area contributed by atoms with Gasteiger partial charge in [0.1, 0.15) is 5.82 Å². The molecule has 5 rings (SSSR count). The zero-order valence-corrected chi connectivity index (χ0v) is 14.6. The second kappa shape index (κ2) is 6.21. The van der Waals surface area contributed by atoms with E-state index in [1.54, 1.807) is 0 Å². The number of benzene rings is 1. The van der Waals surface area contributed by atoms with Gasteiger partial charge in [0.2, 0.25) is 5.95 Å². The molecule has 0 bridgehead atoms. The number of aromatic nitrogens is 2. The highest BCUT2D eigenvalue weighted by Crippen LogP contribution is 2.33. The molecule has 1 aromatic carbocycles. The highest BCUT2D eigenvalue weighted by Gasteiger charge is 2.28. The summed E-state index contributed by atoms with van der Waals surface area (Å²) in [5.74, 6) is 2.02. The maximum atomic E-state index is 4.96. The minimum atomic E-state index is 0.609. The van der Waals surface area contributed by atoms with Crippen LogP contribution in [0.25, 0.3) is 0 Å². The first-order chi connectivity index (χ1) is 12.4. The molecule has 1 aliphatic carbocycles. The SMILES string of the molecule is c1ccc(N2CCc3nc(N4CCCC4)nc(NC4CC4)c3C2)cc1. The third-order valence-corrected chi connectivity index (χ3v) is 5.48. The summed E-state index contributed by atoms with van der Waals surface area (Å²) < 4.78 is 0. The molecule has 1 aromatic heterocycles. The summed E-state index contributed by atoms with van der Waals surface area (Å²) >= 11 is 0. The molecule has 25 heavy (non-hydrogen) atoms. The lowest BCUT2D eigenvalue weighted by molar-refractivity contribution is 0.702. The van der Waals surface area contributed by atoms with Gasteiger partial charge in [-0.3, -0.25) is 0 Å². The monoisotopic (exact) mass is 335 g/mol. The van der Waals surface area contributed by atoms with E-state index in [4.69, 9.17) is 9.97 Å². The van der Waals surface area contributed by atoms with Crippen molar-refractivity contribution in [3.63, 3.8) is 0 Å². The van der Waals surface area contributed by atoms with E-state index in [9.17, 15) is 0 Å². The zero-order chi connectivity index (χ0) is 16.6. The van der Waals surface area contributed by atoms with Gasteiger partial charge in [-0.05, 0) is 37.8 Å². The summed E-state index contributed by atoms with van der Waals surface area (Å²) in [5, 5.41) is 3.68. The van der Waals surface area contributed by atoms with Gasteiger partial charge in [-0.15, -0.1) is 0 Å². The molecule has 0 amide bonds. The smallest absolute Gasteiger partial charge is 0.227 e. The van der Waals surface area contributed by atoms with Crippen molar-refractivity contribution in [2.45, 2.75) is 44.7 Å². The Hall–Kier alpha value is -2.30. The summed E-state index contributed by atoms with van der Waals surface area (Å²) in [4.78, 5) is 14.7. The number of fused-ring (bicyclic) bond motifs is 1. The number of nitrogens with zero attached hydrogens (tertiary/aromatic N) is 4. The van der Waals surface area contributed by atoms with E-state index in [0.29, 0.717) is 6.04 Å². The molecule has 5 nitrogen and oxygen atoms in total. The van der Waals surface area contributed by atoms with E-state index in [0.717, 1.165) is 44.4 Å². The molecule has 0 unspecified atom stereocenters. The fraction of sp³-hybridized carbons (Fsp3) is 0.500. The molecule has 5 heteroatoms. The van der Waals surface area contributed by atoms with Crippen LogP contribution in [0.2, 0.25) is 0 Å². The Bertz CT molecular complexity index is 750. The first-order valence-corrected chi connectivity index (χ1v) is 9.58. The summed E-state index contributed by atoms with van der Waals surface area (Å²) in [6, 6.07) is 11.3. The van der Waals surface area contributed by atoms with E-state index < -0.39 is 0 Å². The number of anilines is 3. The summed E-state index contributed by atoms with van der Waals surface area (Å²) in [6.45, 7) is 4.11. The topological polar surface area (TPSA) is 44.3 Å². The molecule has 2 aliphatic heterocycles. The number of hydrogen-bond donors (Lipinski definition) is 1. The van der Waals surface area contributed by atoms with Gasteiger partial charge in [0.05, 0.1) is 5.69 Å². The Kier molecular flexibility index (Phi) is 3.72. The fourth-order valence-corrected chi connectivity index (χ4v) is 3.86.